The molecule has 0 aromatic heterocycles. The van der Waals surface area contributed by atoms with E-state index in [9.17, 15) is 0 Å². The van der Waals surface area contributed by atoms with Crippen molar-refractivity contribution >= 4 is 5.69 Å². The maximum atomic E-state index is 3.93. The molecule has 1 aliphatic heterocycles. The fourth-order valence-corrected chi connectivity index (χ4v) is 6.08. The number of hydrogen-bond acceptors (Lipinski definition) is 2. The van der Waals surface area contributed by atoms with Crippen molar-refractivity contribution in [2.75, 3.05) is 11.4 Å². The molecule has 0 spiro atoms. The average molecular weight is 391 g/mol. The normalized spacial score (nSPS) is 26.2. The standard InChI is InChI=1S/C27H38N2/c1-19-15-20(2)26(28-18-19)27(4,5)21(3)29(24-13-7-6-8-14-24)25-16-22-11-9-10-12-23(22)17-25/h6-14,19-21,25-26,28H,15-18H2,1-5H3. The first-order chi connectivity index (χ1) is 13.9. The zero-order valence-corrected chi connectivity index (χ0v) is 18.9. The lowest BCUT2D eigenvalue weighted by Gasteiger charge is -2.51. The van der Waals surface area contributed by atoms with Gasteiger partial charge in [-0.15, -0.1) is 0 Å². The van der Waals surface area contributed by atoms with Crippen LogP contribution in [0.2, 0.25) is 0 Å². The first-order valence-electron chi connectivity index (χ1n) is 11.5. The van der Waals surface area contributed by atoms with E-state index in [1.165, 1.54) is 23.2 Å². The van der Waals surface area contributed by atoms with Crippen LogP contribution in [0.5, 0.6) is 0 Å². The van der Waals surface area contributed by atoms with Crippen molar-refractivity contribution in [2.24, 2.45) is 17.3 Å². The summed E-state index contributed by atoms with van der Waals surface area (Å²) in [6, 6.07) is 21.6. The van der Waals surface area contributed by atoms with E-state index in [0.717, 1.165) is 25.3 Å². The van der Waals surface area contributed by atoms with E-state index in [-0.39, 0.29) is 5.41 Å². The molecule has 4 atom stereocenters. The molecule has 2 aromatic rings. The number of piperidine rings is 1. The van der Waals surface area contributed by atoms with Crippen LogP contribution in [0.3, 0.4) is 0 Å². The molecule has 1 saturated heterocycles. The maximum Gasteiger partial charge on any atom is 0.0374 e. The first kappa shape index (κ1) is 20.5. The summed E-state index contributed by atoms with van der Waals surface area (Å²) in [5, 5.41) is 3.93. The van der Waals surface area contributed by atoms with Crippen LogP contribution in [-0.2, 0) is 12.8 Å². The maximum absolute atomic E-state index is 3.93. The highest BCUT2D eigenvalue weighted by Crippen LogP contribution is 2.41. The minimum atomic E-state index is 0.171. The van der Waals surface area contributed by atoms with Gasteiger partial charge in [-0.25, -0.2) is 0 Å². The van der Waals surface area contributed by atoms with Gasteiger partial charge in [0.05, 0.1) is 0 Å². The molecule has 0 amide bonds. The van der Waals surface area contributed by atoms with Crippen LogP contribution >= 0.6 is 0 Å². The molecular weight excluding hydrogens is 352 g/mol. The number of anilines is 1. The average Bonchev–Trinajstić information content (AvgIpc) is 3.12. The molecule has 1 aliphatic carbocycles. The third-order valence-electron chi connectivity index (χ3n) is 7.80. The van der Waals surface area contributed by atoms with E-state index in [1.807, 2.05) is 0 Å². The molecule has 2 aromatic carbocycles. The van der Waals surface area contributed by atoms with Crippen LogP contribution in [-0.4, -0.2) is 24.7 Å². The summed E-state index contributed by atoms with van der Waals surface area (Å²) < 4.78 is 0. The predicted octanol–water partition coefficient (Wildman–Crippen LogP) is 5.71. The number of benzene rings is 2. The van der Waals surface area contributed by atoms with Gasteiger partial charge in [0, 0.05) is 29.2 Å². The minimum absolute atomic E-state index is 0.171. The molecule has 1 fully saturated rings. The Morgan fingerprint density at radius 3 is 2.10 bits per heavy atom. The Balaban J connectivity index is 1.64. The van der Waals surface area contributed by atoms with Crippen molar-refractivity contribution < 1.29 is 0 Å². The summed E-state index contributed by atoms with van der Waals surface area (Å²) in [6.07, 6.45) is 3.63. The number of fused-ring (bicyclic) bond motifs is 1. The molecule has 2 heteroatoms. The van der Waals surface area contributed by atoms with Crippen LogP contribution in [0.4, 0.5) is 5.69 Å². The summed E-state index contributed by atoms with van der Waals surface area (Å²) >= 11 is 0. The molecule has 0 radical (unpaired) electrons. The highest BCUT2D eigenvalue weighted by atomic mass is 15.2. The van der Waals surface area contributed by atoms with Crippen molar-refractivity contribution in [1.82, 2.24) is 5.32 Å². The zero-order valence-electron chi connectivity index (χ0n) is 18.9. The van der Waals surface area contributed by atoms with Crippen molar-refractivity contribution in [3.63, 3.8) is 0 Å². The smallest absolute Gasteiger partial charge is 0.0374 e. The lowest BCUT2D eigenvalue weighted by Crippen LogP contribution is -2.60. The third-order valence-corrected chi connectivity index (χ3v) is 7.80. The van der Waals surface area contributed by atoms with Crippen LogP contribution < -0.4 is 10.2 Å². The van der Waals surface area contributed by atoms with Gasteiger partial charge in [-0.05, 0) is 67.8 Å². The van der Waals surface area contributed by atoms with Gasteiger partial charge < -0.3 is 10.2 Å². The van der Waals surface area contributed by atoms with Gasteiger partial charge in [0.25, 0.3) is 0 Å². The van der Waals surface area contributed by atoms with Gasteiger partial charge in [0.2, 0.25) is 0 Å². The van der Waals surface area contributed by atoms with Crippen LogP contribution in [0.25, 0.3) is 0 Å². The molecule has 2 aliphatic rings. The molecule has 4 unspecified atom stereocenters. The largest absolute Gasteiger partial charge is 0.365 e. The highest BCUT2D eigenvalue weighted by Gasteiger charge is 2.44. The van der Waals surface area contributed by atoms with Crippen molar-refractivity contribution in [3.8, 4) is 0 Å². The molecule has 0 saturated carbocycles. The fraction of sp³-hybridized carbons (Fsp3) is 0.556. The second kappa shape index (κ2) is 8.14. The topological polar surface area (TPSA) is 15.3 Å². The van der Waals surface area contributed by atoms with Crippen molar-refractivity contribution in [1.29, 1.82) is 0 Å². The van der Waals surface area contributed by atoms with Crippen LogP contribution in [0, 0.1) is 17.3 Å². The summed E-state index contributed by atoms with van der Waals surface area (Å²) in [4.78, 5) is 2.74. The molecular formula is C27H38N2. The summed E-state index contributed by atoms with van der Waals surface area (Å²) in [6.45, 7) is 13.4. The van der Waals surface area contributed by atoms with Gasteiger partial charge in [-0.3, -0.25) is 0 Å². The number of nitrogens with zero attached hydrogens (tertiary/aromatic N) is 1. The molecule has 29 heavy (non-hydrogen) atoms. The predicted molar refractivity (Wildman–Crippen MR) is 125 cm³/mol. The first-order valence-corrected chi connectivity index (χ1v) is 11.5. The van der Waals surface area contributed by atoms with Crippen LogP contribution in [0.15, 0.2) is 54.6 Å². The minimum Gasteiger partial charge on any atom is -0.365 e. The van der Waals surface area contributed by atoms with Gasteiger partial charge in [0.15, 0.2) is 0 Å². The SMILES string of the molecule is CC1CNC(C(C)(C)C(C)N(c2ccccc2)C2Cc3ccccc3C2)C(C)C1. The number of hydrogen-bond donors (Lipinski definition) is 1. The van der Waals surface area contributed by atoms with E-state index in [4.69, 9.17) is 0 Å². The Bertz CT molecular complexity index is 787. The molecule has 156 valence electrons. The number of rotatable bonds is 5. The van der Waals surface area contributed by atoms with E-state index in [1.54, 1.807) is 0 Å². The van der Waals surface area contributed by atoms with Crippen molar-refractivity contribution in [3.05, 3.63) is 65.7 Å². The Morgan fingerprint density at radius 2 is 1.52 bits per heavy atom. The Hall–Kier alpha value is -1.80. The fourth-order valence-electron chi connectivity index (χ4n) is 6.08. The Morgan fingerprint density at radius 1 is 0.931 bits per heavy atom. The molecule has 1 N–H and O–H groups in total. The van der Waals surface area contributed by atoms with E-state index >= 15 is 0 Å². The summed E-state index contributed by atoms with van der Waals surface area (Å²) in [7, 11) is 0. The lowest BCUT2D eigenvalue weighted by molar-refractivity contribution is 0.101. The second-order valence-corrected chi connectivity index (χ2v) is 10.3. The van der Waals surface area contributed by atoms with E-state index < -0.39 is 0 Å². The number of para-hydroxylation sites is 1. The van der Waals surface area contributed by atoms with Gasteiger partial charge >= 0.3 is 0 Å². The third kappa shape index (κ3) is 3.97. The van der Waals surface area contributed by atoms with E-state index in [0.29, 0.717) is 24.0 Å². The number of nitrogens with one attached hydrogen (secondary N) is 1. The Kier molecular flexibility index (Phi) is 5.75. The molecule has 1 heterocycles. The van der Waals surface area contributed by atoms with Gasteiger partial charge in [-0.2, -0.15) is 0 Å². The quantitative estimate of drug-likeness (QED) is 0.703. The molecule has 0 bridgehead atoms. The van der Waals surface area contributed by atoms with E-state index in [2.05, 4.69) is 99.4 Å². The Labute approximate surface area is 177 Å². The molecule has 4 rings (SSSR count). The lowest BCUT2D eigenvalue weighted by atomic mass is 9.68. The second-order valence-electron chi connectivity index (χ2n) is 10.3. The zero-order chi connectivity index (χ0) is 20.6. The van der Waals surface area contributed by atoms with Gasteiger partial charge in [-0.1, -0.05) is 70.2 Å². The summed E-state index contributed by atoms with van der Waals surface area (Å²) in [5.41, 5.74) is 4.59. The monoisotopic (exact) mass is 390 g/mol. The van der Waals surface area contributed by atoms with Crippen molar-refractivity contribution in [2.45, 2.75) is 72.0 Å². The highest BCUT2D eigenvalue weighted by molar-refractivity contribution is 5.51. The molecule has 2 nitrogen and oxygen atoms in total. The summed E-state index contributed by atoms with van der Waals surface area (Å²) in [5.74, 6) is 1.48. The van der Waals surface area contributed by atoms with Crippen LogP contribution in [0.1, 0.15) is 52.2 Å². The van der Waals surface area contributed by atoms with Gasteiger partial charge in [0.1, 0.15) is 0 Å².